The third-order valence-electron chi connectivity index (χ3n) is 2.89. The molecule has 0 spiro atoms. The molecular formula is C16H27NO3. The van der Waals surface area contributed by atoms with Gasteiger partial charge in [-0.05, 0) is 24.9 Å². The van der Waals surface area contributed by atoms with E-state index in [1.807, 2.05) is 0 Å². The Morgan fingerprint density at radius 1 is 0.850 bits per heavy atom. The number of hydrogen-bond acceptors (Lipinski definition) is 4. The van der Waals surface area contributed by atoms with Crippen molar-refractivity contribution in [1.29, 1.82) is 0 Å². The monoisotopic (exact) mass is 281 g/mol. The molecule has 0 radical (unpaired) electrons. The smallest absolute Gasteiger partial charge is 0.0701 e. The van der Waals surface area contributed by atoms with Crippen molar-refractivity contribution in [2.45, 2.75) is 12.8 Å². The number of methoxy groups -OCH3 is 1. The lowest BCUT2D eigenvalue weighted by molar-refractivity contribution is 0.0256. The fourth-order valence-electron chi connectivity index (χ4n) is 1.80. The SMILES string of the molecule is COCCOCCOCCNCCCc1ccccc1. The van der Waals surface area contributed by atoms with Gasteiger partial charge in [-0.15, -0.1) is 0 Å². The summed E-state index contributed by atoms with van der Waals surface area (Å²) in [4.78, 5) is 0. The first kappa shape index (κ1) is 17.1. The van der Waals surface area contributed by atoms with E-state index in [1.165, 1.54) is 5.56 Å². The topological polar surface area (TPSA) is 39.7 Å². The molecule has 1 rings (SSSR count). The van der Waals surface area contributed by atoms with E-state index < -0.39 is 0 Å². The molecule has 4 heteroatoms. The first-order chi connectivity index (χ1) is 9.93. The van der Waals surface area contributed by atoms with Crippen molar-refractivity contribution in [3.05, 3.63) is 35.9 Å². The maximum absolute atomic E-state index is 5.45. The standard InChI is InChI=1S/C16H27NO3/c1-18-12-13-20-15-14-19-11-10-17-9-5-8-16-6-3-2-4-7-16/h2-4,6-7,17H,5,8-15H2,1H3. The molecule has 0 saturated carbocycles. The quantitative estimate of drug-likeness (QED) is 0.561. The Balaban J connectivity index is 1.77. The minimum absolute atomic E-state index is 0.636. The Hall–Kier alpha value is -0.940. The number of ether oxygens (including phenoxy) is 3. The molecule has 0 aliphatic rings. The summed E-state index contributed by atoms with van der Waals surface area (Å²) in [6.45, 7) is 5.22. The van der Waals surface area contributed by atoms with Gasteiger partial charge in [-0.25, -0.2) is 0 Å². The molecule has 4 nitrogen and oxygen atoms in total. The summed E-state index contributed by atoms with van der Waals surface area (Å²) >= 11 is 0. The van der Waals surface area contributed by atoms with E-state index in [0.717, 1.165) is 32.5 Å². The molecule has 114 valence electrons. The Kier molecular flexibility index (Phi) is 11.2. The molecule has 0 aliphatic heterocycles. The first-order valence-electron chi connectivity index (χ1n) is 7.32. The van der Waals surface area contributed by atoms with Gasteiger partial charge in [0, 0.05) is 13.7 Å². The van der Waals surface area contributed by atoms with Crippen LogP contribution in [0.15, 0.2) is 30.3 Å². The molecule has 0 fully saturated rings. The third kappa shape index (κ3) is 9.92. The Morgan fingerprint density at radius 2 is 1.55 bits per heavy atom. The van der Waals surface area contributed by atoms with Crippen LogP contribution in [0.5, 0.6) is 0 Å². The van der Waals surface area contributed by atoms with Crippen molar-refractivity contribution in [2.75, 3.05) is 53.2 Å². The molecule has 20 heavy (non-hydrogen) atoms. The normalized spacial score (nSPS) is 10.8. The van der Waals surface area contributed by atoms with Gasteiger partial charge in [0.15, 0.2) is 0 Å². The molecule has 0 heterocycles. The largest absolute Gasteiger partial charge is 0.382 e. The summed E-state index contributed by atoms with van der Waals surface area (Å²) in [5.74, 6) is 0. The van der Waals surface area contributed by atoms with E-state index in [1.54, 1.807) is 7.11 Å². The van der Waals surface area contributed by atoms with Crippen LogP contribution in [-0.4, -0.2) is 53.2 Å². The predicted octanol–water partition coefficient (Wildman–Crippen LogP) is 1.89. The summed E-state index contributed by atoms with van der Waals surface area (Å²) in [6, 6.07) is 10.6. The molecule has 0 aromatic heterocycles. The summed E-state index contributed by atoms with van der Waals surface area (Å²) in [6.07, 6.45) is 2.28. The molecule has 0 saturated heterocycles. The minimum Gasteiger partial charge on any atom is -0.382 e. The molecule has 0 bridgehead atoms. The average Bonchev–Trinajstić information content (AvgIpc) is 2.49. The lowest BCUT2D eigenvalue weighted by Crippen LogP contribution is -2.22. The van der Waals surface area contributed by atoms with Gasteiger partial charge in [0.1, 0.15) is 0 Å². The van der Waals surface area contributed by atoms with Crippen molar-refractivity contribution < 1.29 is 14.2 Å². The predicted molar refractivity (Wildman–Crippen MR) is 81.1 cm³/mol. The lowest BCUT2D eigenvalue weighted by atomic mass is 10.1. The zero-order valence-electron chi connectivity index (χ0n) is 12.5. The number of hydrogen-bond donors (Lipinski definition) is 1. The number of rotatable bonds is 13. The van der Waals surface area contributed by atoms with Crippen LogP contribution in [0.2, 0.25) is 0 Å². The highest BCUT2D eigenvalue weighted by atomic mass is 16.5. The van der Waals surface area contributed by atoms with Crippen LogP contribution in [0.1, 0.15) is 12.0 Å². The Bertz CT molecular complexity index is 306. The number of aryl methyl sites for hydroxylation is 1. The fraction of sp³-hybridized carbons (Fsp3) is 0.625. The highest BCUT2D eigenvalue weighted by molar-refractivity contribution is 5.14. The molecular weight excluding hydrogens is 254 g/mol. The zero-order valence-corrected chi connectivity index (χ0v) is 12.5. The number of nitrogens with one attached hydrogen (secondary N) is 1. The van der Waals surface area contributed by atoms with E-state index in [0.29, 0.717) is 26.4 Å². The van der Waals surface area contributed by atoms with E-state index >= 15 is 0 Å². The van der Waals surface area contributed by atoms with Gasteiger partial charge in [-0.1, -0.05) is 30.3 Å². The highest BCUT2D eigenvalue weighted by Crippen LogP contribution is 2.01. The Labute approximate surface area is 122 Å². The van der Waals surface area contributed by atoms with Gasteiger partial charge < -0.3 is 19.5 Å². The van der Waals surface area contributed by atoms with Crippen LogP contribution in [0.3, 0.4) is 0 Å². The van der Waals surface area contributed by atoms with Crippen molar-refractivity contribution >= 4 is 0 Å². The van der Waals surface area contributed by atoms with Crippen molar-refractivity contribution in [2.24, 2.45) is 0 Å². The zero-order chi connectivity index (χ0) is 14.3. The van der Waals surface area contributed by atoms with Crippen LogP contribution < -0.4 is 5.32 Å². The van der Waals surface area contributed by atoms with Gasteiger partial charge in [-0.3, -0.25) is 0 Å². The second kappa shape index (κ2) is 13.1. The molecule has 0 amide bonds. The van der Waals surface area contributed by atoms with Gasteiger partial charge in [0.25, 0.3) is 0 Å². The highest BCUT2D eigenvalue weighted by Gasteiger charge is 1.93. The molecule has 1 aromatic carbocycles. The van der Waals surface area contributed by atoms with E-state index in [2.05, 4.69) is 35.6 Å². The molecule has 0 aliphatic carbocycles. The number of benzene rings is 1. The van der Waals surface area contributed by atoms with Crippen LogP contribution in [0, 0.1) is 0 Å². The summed E-state index contributed by atoms with van der Waals surface area (Å²) in [7, 11) is 1.67. The maximum atomic E-state index is 5.45. The van der Waals surface area contributed by atoms with Gasteiger partial charge in [-0.2, -0.15) is 0 Å². The fourth-order valence-corrected chi connectivity index (χ4v) is 1.80. The lowest BCUT2D eigenvalue weighted by Gasteiger charge is -2.07. The molecule has 0 atom stereocenters. The summed E-state index contributed by atoms with van der Waals surface area (Å²) < 4.78 is 15.6. The van der Waals surface area contributed by atoms with Crippen molar-refractivity contribution in [1.82, 2.24) is 5.32 Å². The molecule has 0 unspecified atom stereocenters. The van der Waals surface area contributed by atoms with Crippen LogP contribution in [0.4, 0.5) is 0 Å². The van der Waals surface area contributed by atoms with Crippen LogP contribution >= 0.6 is 0 Å². The van der Waals surface area contributed by atoms with Crippen molar-refractivity contribution in [3.63, 3.8) is 0 Å². The van der Waals surface area contributed by atoms with Gasteiger partial charge in [0.2, 0.25) is 0 Å². The third-order valence-corrected chi connectivity index (χ3v) is 2.89. The van der Waals surface area contributed by atoms with Crippen molar-refractivity contribution in [3.8, 4) is 0 Å². The van der Waals surface area contributed by atoms with Gasteiger partial charge >= 0.3 is 0 Å². The second-order valence-electron chi connectivity index (χ2n) is 4.56. The molecule has 1 aromatic rings. The maximum Gasteiger partial charge on any atom is 0.0701 e. The first-order valence-corrected chi connectivity index (χ1v) is 7.32. The summed E-state index contributed by atoms with van der Waals surface area (Å²) in [5.41, 5.74) is 1.40. The minimum atomic E-state index is 0.636. The summed E-state index contributed by atoms with van der Waals surface area (Å²) in [5, 5.41) is 3.38. The van der Waals surface area contributed by atoms with Gasteiger partial charge in [0.05, 0.1) is 33.0 Å². The van der Waals surface area contributed by atoms with Crippen LogP contribution in [-0.2, 0) is 20.6 Å². The molecule has 1 N–H and O–H groups in total. The van der Waals surface area contributed by atoms with E-state index in [4.69, 9.17) is 14.2 Å². The van der Waals surface area contributed by atoms with Crippen LogP contribution in [0.25, 0.3) is 0 Å². The second-order valence-corrected chi connectivity index (χ2v) is 4.56. The average molecular weight is 281 g/mol. The van der Waals surface area contributed by atoms with E-state index in [9.17, 15) is 0 Å². The van der Waals surface area contributed by atoms with E-state index in [-0.39, 0.29) is 0 Å². The Morgan fingerprint density at radius 3 is 2.30 bits per heavy atom.